The number of rotatable bonds is 4. The third kappa shape index (κ3) is 3.15. The van der Waals surface area contributed by atoms with Gasteiger partial charge in [0.15, 0.2) is 0 Å². The highest BCUT2D eigenvalue weighted by atomic mass is 32.1. The lowest BCUT2D eigenvalue weighted by atomic mass is 10.1. The Kier molecular flexibility index (Phi) is 4.22. The summed E-state index contributed by atoms with van der Waals surface area (Å²) in [5.74, 6) is 0.515. The number of hydrogen-bond acceptors (Lipinski definition) is 3. The molecule has 0 aliphatic rings. The van der Waals surface area contributed by atoms with Crippen LogP contribution in [0, 0.1) is 13.8 Å². The smallest absolute Gasteiger partial charge is 0.255 e. The zero-order valence-electron chi connectivity index (χ0n) is 11.3. The van der Waals surface area contributed by atoms with E-state index in [1.807, 2.05) is 25.1 Å². The van der Waals surface area contributed by atoms with Crippen molar-refractivity contribution in [2.75, 3.05) is 7.11 Å². The van der Waals surface area contributed by atoms with E-state index in [9.17, 15) is 4.79 Å². The van der Waals surface area contributed by atoms with E-state index in [4.69, 9.17) is 4.74 Å². The molecule has 0 saturated heterocycles. The van der Waals surface area contributed by atoms with Crippen molar-refractivity contribution >= 4 is 17.2 Å². The number of benzene rings is 1. The Morgan fingerprint density at radius 2 is 2.05 bits per heavy atom. The molecule has 1 aromatic carbocycles. The summed E-state index contributed by atoms with van der Waals surface area (Å²) in [5, 5.41) is 2.94. The molecule has 3 nitrogen and oxygen atoms in total. The molecule has 0 fully saturated rings. The largest absolute Gasteiger partial charge is 0.496 e. The van der Waals surface area contributed by atoms with Gasteiger partial charge in [0, 0.05) is 9.75 Å². The molecule has 19 heavy (non-hydrogen) atoms. The first-order chi connectivity index (χ1) is 9.11. The van der Waals surface area contributed by atoms with Crippen molar-refractivity contribution < 1.29 is 9.53 Å². The fraction of sp³-hybridized carbons (Fsp3) is 0.267. The number of amides is 1. The summed E-state index contributed by atoms with van der Waals surface area (Å²) in [5.41, 5.74) is 1.53. The summed E-state index contributed by atoms with van der Waals surface area (Å²) in [7, 11) is 1.58. The minimum Gasteiger partial charge on any atom is -0.496 e. The maximum absolute atomic E-state index is 12.2. The standard InChI is InChI=1S/C15H17NO2S/c1-10-5-4-6-13(18-3)14(10)15(17)16-9-12-8-7-11(2)19-12/h4-8H,9H2,1-3H3,(H,16,17). The van der Waals surface area contributed by atoms with Crippen LogP contribution in [0.15, 0.2) is 30.3 Å². The van der Waals surface area contributed by atoms with Gasteiger partial charge in [0.05, 0.1) is 19.2 Å². The summed E-state index contributed by atoms with van der Waals surface area (Å²) in [6.07, 6.45) is 0. The number of thiophene rings is 1. The van der Waals surface area contributed by atoms with Gasteiger partial charge < -0.3 is 10.1 Å². The van der Waals surface area contributed by atoms with E-state index < -0.39 is 0 Å². The fourth-order valence-corrected chi connectivity index (χ4v) is 2.77. The molecule has 0 unspecified atom stereocenters. The van der Waals surface area contributed by atoms with Crippen molar-refractivity contribution in [2.24, 2.45) is 0 Å². The summed E-state index contributed by atoms with van der Waals surface area (Å²) in [4.78, 5) is 14.6. The third-order valence-electron chi connectivity index (χ3n) is 2.90. The van der Waals surface area contributed by atoms with Crippen LogP contribution in [-0.2, 0) is 6.54 Å². The van der Waals surface area contributed by atoms with Crippen molar-refractivity contribution in [3.05, 3.63) is 51.2 Å². The van der Waals surface area contributed by atoms with E-state index in [1.54, 1.807) is 24.5 Å². The van der Waals surface area contributed by atoms with E-state index in [0.29, 0.717) is 17.9 Å². The fourth-order valence-electron chi connectivity index (χ4n) is 1.94. The van der Waals surface area contributed by atoms with Gasteiger partial charge in [0.25, 0.3) is 5.91 Å². The SMILES string of the molecule is COc1cccc(C)c1C(=O)NCc1ccc(C)s1. The Bertz CT molecular complexity index is 590. The lowest BCUT2D eigenvalue weighted by Crippen LogP contribution is -2.23. The van der Waals surface area contributed by atoms with Gasteiger partial charge >= 0.3 is 0 Å². The quantitative estimate of drug-likeness (QED) is 0.929. The molecule has 1 aromatic heterocycles. The highest BCUT2D eigenvalue weighted by Crippen LogP contribution is 2.22. The summed E-state index contributed by atoms with van der Waals surface area (Å²) in [6, 6.07) is 9.69. The molecule has 1 amide bonds. The molecule has 2 aromatic rings. The first-order valence-electron chi connectivity index (χ1n) is 6.09. The van der Waals surface area contributed by atoms with Crippen LogP contribution < -0.4 is 10.1 Å². The molecule has 0 aliphatic heterocycles. The highest BCUT2D eigenvalue weighted by molar-refractivity contribution is 7.11. The highest BCUT2D eigenvalue weighted by Gasteiger charge is 2.14. The van der Waals surface area contributed by atoms with Gasteiger partial charge in [0.2, 0.25) is 0 Å². The van der Waals surface area contributed by atoms with Crippen molar-refractivity contribution in [1.82, 2.24) is 5.32 Å². The predicted molar refractivity (Wildman–Crippen MR) is 78.0 cm³/mol. The minimum absolute atomic E-state index is 0.0963. The van der Waals surface area contributed by atoms with Gasteiger partial charge in [-0.25, -0.2) is 0 Å². The molecular weight excluding hydrogens is 258 g/mol. The van der Waals surface area contributed by atoms with Crippen LogP contribution in [0.2, 0.25) is 0 Å². The van der Waals surface area contributed by atoms with Gasteiger partial charge in [0.1, 0.15) is 5.75 Å². The van der Waals surface area contributed by atoms with Crippen LogP contribution >= 0.6 is 11.3 Å². The topological polar surface area (TPSA) is 38.3 Å². The van der Waals surface area contributed by atoms with E-state index in [1.165, 1.54) is 4.88 Å². The second kappa shape index (κ2) is 5.89. The summed E-state index contributed by atoms with van der Waals surface area (Å²) in [6.45, 7) is 4.52. The molecule has 0 bridgehead atoms. The van der Waals surface area contributed by atoms with Crippen LogP contribution in [-0.4, -0.2) is 13.0 Å². The molecule has 0 saturated carbocycles. The molecule has 1 heterocycles. The van der Waals surface area contributed by atoms with Crippen molar-refractivity contribution in [2.45, 2.75) is 20.4 Å². The summed E-state index contributed by atoms with van der Waals surface area (Å²) < 4.78 is 5.25. The minimum atomic E-state index is -0.0963. The van der Waals surface area contributed by atoms with E-state index in [2.05, 4.69) is 18.3 Å². The van der Waals surface area contributed by atoms with Gasteiger partial charge in [-0.2, -0.15) is 0 Å². The molecule has 0 atom stereocenters. The predicted octanol–water partition coefficient (Wildman–Crippen LogP) is 3.30. The van der Waals surface area contributed by atoms with Gasteiger partial charge in [-0.05, 0) is 37.6 Å². The Morgan fingerprint density at radius 1 is 1.26 bits per heavy atom. The van der Waals surface area contributed by atoms with Crippen molar-refractivity contribution in [1.29, 1.82) is 0 Å². The first kappa shape index (κ1) is 13.6. The third-order valence-corrected chi connectivity index (χ3v) is 3.90. The van der Waals surface area contributed by atoms with Crippen LogP contribution in [0.4, 0.5) is 0 Å². The average Bonchev–Trinajstić information content (AvgIpc) is 2.81. The number of methoxy groups -OCH3 is 1. The molecule has 0 radical (unpaired) electrons. The van der Waals surface area contributed by atoms with Crippen LogP contribution in [0.1, 0.15) is 25.7 Å². The Labute approximate surface area is 117 Å². The molecule has 1 N–H and O–H groups in total. The van der Waals surface area contributed by atoms with Gasteiger partial charge in [-0.1, -0.05) is 12.1 Å². The second-order valence-corrected chi connectivity index (χ2v) is 5.72. The second-order valence-electron chi connectivity index (χ2n) is 4.35. The van der Waals surface area contributed by atoms with Gasteiger partial charge in [-0.3, -0.25) is 4.79 Å². The average molecular weight is 275 g/mol. The summed E-state index contributed by atoms with van der Waals surface area (Å²) >= 11 is 1.69. The Balaban J connectivity index is 2.12. The maximum atomic E-state index is 12.2. The van der Waals surface area contributed by atoms with Crippen molar-refractivity contribution in [3.8, 4) is 5.75 Å². The van der Waals surface area contributed by atoms with E-state index in [0.717, 1.165) is 10.4 Å². The Morgan fingerprint density at radius 3 is 2.68 bits per heavy atom. The number of carbonyl (C=O) groups is 1. The van der Waals surface area contributed by atoms with Crippen LogP contribution in [0.3, 0.4) is 0 Å². The lowest BCUT2D eigenvalue weighted by molar-refractivity contribution is 0.0947. The monoisotopic (exact) mass is 275 g/mol. The van der Waals surface area contributed by atoms with E-state index >= 15 is 0 Å². The molecule has 0 aliphatic carbocycles. The van der Waals surface area contributed by atoms with E-state index in [-0.39, 0.29) is 5.91 Å². The molecular formula is C15H17NO2S. The normalized spacial score (nSPS) is 10.3. The zero-order chi connectivity index (χ0) is 13.8. The molecule has 100 valence electrons. The number of hydrogen-bond donors (Lipinski definition) is 1. The first-order valence-corrected chi connectivity index (χ1v) is 6.90. The maximum Gasteiger partial charge on any atom is 0.255 e. The van der Waals surface area contributed by atoms with Crippen LogP contribution in [0.25, 0.3) is 0 Å². The van der Waals surface area contributed by atoms with Crippen LogP contribution in [0.5, 0.6) is 5.75 Å². The Hall–Kier alpha value is -1.81. The zero-order valence-corrected chi connectivity index (χ0v) is 12.1. The number of aryl methyl sites for hydroxylation is 2. The molecule has 4 heteroatoms. The number of nitrogens with one attached hydrogen (secondary N) is 1. The van der Waals surface area contributed by atoms with Gasteiger partial charge in [-0.15, -0.1) is 11.3 Å². The number of ether oxygens (including phenoxy) is 1. The van der Waals surface area contributed by atoms with Crippen molar-refractivity contribution in [3.63, 3.8) is 0 Å². The lowest BCUT2D eigenvalue weighted by Gasteiger charge is -2.11. The molecule has 2 rings (SSSR count). The molecule has 0 spiro atoms. The number of carbonyl (C=O) groups excluding carboxylic acids is 1.